The van der Waals surface area contributed by atoms with Gasteiger partial charge in [0.15, 0.2) is 5.82 Å². The Morgan fingerprint density at radius 3 is 2.87 bits per heavy atom. The minimum Gasteiger partial charge on any atom is -0.381 e. The van der Waals surface area contributed by atoms with E-state index >= 15 is 0 Å². The fourth-order valence-electron chi connectivity index (χ4n) is 3.79. The van der Waals surface area contributed by atoms with Crippen LogP contribution < -0.4 is 0 Å². The lowest BCUT2D eigenvalue weighted by Crippen LogP contribution is -2.28. The number of sulfonamides is 1. The van der Waals surface area contributed by atoms with Gasteiger partial charge >= 0.3 is 0 Å². The maximum absolute atomic E-state index is 13.4. The van der Waals surface area contributed by atoms with Crippen LogP contribution in [0.3, 0.4) is 0 Å². The van der Waals surface area contributed by atoms with Crippen molar-refractivity contribution in [2.24, 2.45) is 5.92 Å². The second kappa shape index (κ2) is 9.51. The lowest BCUT2D eigenvalue weighted by atomic mass is 10.0. The first-order valence-electron chi connectivity index (χ1n) is 10.3. The molecular weight excluding hydrogens is 413 g/mol. The standard InChI is InChI=1S/C20H26FN3O5S/c21-17-2-1-3-18(12-17)30(25,26)24-8-4-16(13-24)20-22-19(23-29-20)7-11-28-14-15-5-9-27-10-6-15/h1-3,12,15-16H,4-11,13-14H2. The third-order valence-corrected chi connectivity index (χ3v) is 7.44. The molecule has 1 aromatic heterocycles. The first kappa shape index (κ1) is 21.4. The number of benzene rings is 1. The molecule has 0 bridgehead atoms. The molecule has 2 fully saturated rings. The molecular formula is C20H26FN3O5S. The topological polar surface area (TPSA) is 94.8 Å². The zero-order valence-electron chi connectivity index (χ0n) is 16.7. The van der Waals surface area contributed by atoms with E-state index in [2.05, 4.69) is 10.1 Å². The van der Waals surface area contributed by atoms with Crippen molar-refractivity contribution >= 4 is 10.0 Å². The lowest BCUT2D eigenvalue weighted by molar-refractivity contribution is 0.0211. The van der Waals surface area contributed by atoms with Crippen LogP contribution >= 0.6 is 0 Å². The molecule has 1 aromatic carbocycles. The van der Waals surface area contributed by atoms with Gasteiger partial charge in [-0.15, -0.1) is 0 Å². The molecule has 0 saturated carbocycles. The summed E-state index contributed by atoms with van der Waals surface area (Å²) >= 11 is 0. The average molecular weight is 440 g/mol. The highest BCUT2D eigenvalue weighted by Gasteiger charge is 2.36. The van der Waals surface area contributed by atoms with Crippen LogP contribution in [0.4, 0.5) is 4.39 Å². The highest BCUT2D eigenvalue weighted by molar-refractivity contribution is 7.89. The van der Waals surface area contributed by atoms with E-state index in [1.54, 1.807) is 0 Å². The van der Waals surface area contributed by atoms with Crippen LogP contribution in [0.25, 0.3) is 0 Å². The summed E-state index contributed by atoms with van der Waals surface area (Å²) in [4.78, 5) is 4.38. The van der Waals surface area contributed by atoms with E-state index in [0.29, 0.717) is 50.2 Å². The molecule has 2 aromatic rings. The monoisotopic (exact) mass is 439 g/mol. The smallest absolute Gasteiger partial charge is 0.243 e. The summed E-state index contributed by atoms with van der Waals surface area (Å²) in [5.74, 6) is 0.795. The largest absolute Gasteiger partial charge is 0.381 e. The minimum absolute atomic E-state index is 0.0453. The molecule has 0 aliphatic carbocycles. The normalized spacial score (nSPS) is 21.3. The van der Waals surface area contributed by atoms with Gasteiger partial charge in [0.2, 0.25) is 15.9 Å². The fraction of sp³-hybridized carbons (Fsp3) is 0.600. The third-order valence-electron chi connectivity index (χ3n) is 5.58. The number of aromatic nitrogens is 2. The fourth-order valence-corrected chi connectivity index (χ4v) is 5.32. The summed E-state index contributed by atoms with van der Waals surface area (Å²) < 4.78 is 56.7. The van der Waals surface area contributed by atoms with Gasteiger partial charge in [0.1, 0.15) is 5.82 Å². The molecule has 8 nitrogen and oxygen atoms in total. The van der Waals surface area contributed by atoms with Gasteiger partial charge in [0.05, 0.1) is 17.4 Å². The van der Waals surface area contributed by atoms with Gasteiger partial charge in [-0.1, -0.05) is 11.2 Å². The average Bonchev–Trinajstić information content (AvgIpc) is 3.42. The lowest BCUT2D eigenvalue weighted by Gasteiger charge is -2.21. The third kappa shape index (κ3) is 5.05. The number of ether oxygens (including phenoxy) is 2. The molecule has 0 amide bonds. The molecule has 10 heteroatoms. The molecule has 4 rings (SSSR count). The Kier molecular flexibility index (Phi) is 6.77. The number of rotatable bonds is 8. The summed E-state index contributed by atoms with van der Waals surface area (Å²) in [6.45, 7) is 3.39. The van der Waals surface area contributed by atoms with Crippen LogP contribution in [0.1, 0.15) is 36.9 Å². The molecule has 0 N–H and O–H groups in total. The van der Waals surface area contributed by atoms with E-state index in [1.165, 1.54) is 22.5 Å². The summed E-state index contributed by atoms with van der Waals surface area (Å²) in [6, 6.07) is 5.05. The van der Waals surface area contributed by atoms with Gasteiger partial charge in [-0.2, -0.15) is 9.29 Å². The second-order valence-corrected chi connectivity index (χ2v) is 9.67. The molecule has 2 aliphatic heterocycles. The van der Waals surface area contributed by atoms with Crippen LogP contribution in [-0.2, 0) is 25.9 Å². The van der Waals surface area contributed by atoms with Crippen molar-refractivity contribution in [2.45, 2.75) is 36.5 Å². The van der Waals surface area contributed by atoms with Crippen molar-refractivity contribution in [1.29, 1.82) is 0 Å². The van der Waals surface area contributed by atoms with Gasteiger partial charge < -0.3 is 14.0 Å². The number of halogens is 1. The summed E-state index contributed by atoms with van der Waals surface area (Å²) in [6.07, 6.45) is 3.19. The van der Waals surface area contributed by atoms with Crippen molar-refractivity contribution in [3.8, 4) is 0 Å². The highest BCUT2D eigenvalue weighted by Crippen LogP contribution is 2.30. The Morgan fingerprint density at radius 2 is 2.07 bits per heavy atom. The Hall–Kier alpha value is -1.88. The summed E-state index contributed by atoms with van der Waals surface area (Å²) in [5.41, 5.74) is 0. The molecule has 2 aliphatic rings. The summed E-state index contributed by atoms with van der Waals surface area (Å²) in [7, 11) is -3.75. The SMILES string of the molecule is O=S(=O)(c1cccc(F)c1)N1CCC(c2nc(CCOCC3CCOCC3)no2)C1. The quantitative estimate of drug-likeness (QED) is 0.583. The molecule has 2 saturated heterocycles. The maximum atomic E-state index is 13.4. The zero-order chi connectivity index (χ0) is 21.0. The van der Waals surface area contributed by atoms with Crippen LogP contribution in [0.2, 0.25) is 0 Å². The van der Waals surface area contributed by atoms with E-state index in [1.807, 2.05) is 0 Å². The molecule has 0 spiro atoms. The van der Waals surface area contributed by atoms with Gasteiger partial charge in [-0.3, -0.25) is 0 Å². The highest BCUT2D eigenvalue weighted by atomic mass is 32.2. The van der Waals surface area contributed by atoms with Gasteiger partial charge in [-0.05, 0) is 43.4 Å². The van der Waals surface area contributed by atoms with E-state index in [0.717, 1.165) is 32.1 Å². The minimum atomic E-state index is -3.75. The molecule has 30 heavy (non-hydrogen) atoms. The molecule has 3 heterocycles. The van der Waals surface area contributed by atoms with E-state index in [9.17, 15) is 12.8 Å². The second-order valence-electron chi connectivity index (χ2n) is 7.74. The molecule has 164 valence electrons. The Morgan fingerprint density at radius 1 is 1.23 bits per heavy atom. The van der Waals surface area contributed by atoms with E-state index < -0.39 is 15.8 Å². The molecule has 1 atom stereocenters. The van der Waals surface area contributed by atoms with Gasteiger partial charge in [-0.25, -0.2) is 12.8 Å². The van der Waals surface area contributed by atoms with Crippen molar-refractivity contribution in [1.82, 2.24) is 14.4 Å². The first-order chi connectivity index (χ1) is 14.5. The van der Waals surface area contributed by atoms with Crippen LogP contribution in [-0.4, -0.2) is 62.4 Å². The van der Waals surface area contributed by atoms with E-state index in [-0.39, 0.29) is 17.4 Å². The van der Waals surface area contributed by atoms with Crippen LogP contribution in [0, 0.1) is 11.7 Å². The predicted octanol–water partition coefficient (Wildman–Crippen LogP) is 2.37. The van der Waals surface area contributed by atoms with Gasteiger partial charge in [0.25, 0.3) is 0 Å². The summed E-state index contributed by atoms with van der Waals surface area (Å²) in [5, 5.41) is 4.00. The number of nitrogens with zero attached hydrogens (tertiary/aromatic N) is 3. The predicted molar refractivity (Wildman–Crippen MR) is 105 cm³/mol. The number of hydrogen-bond acceptors (Lipinski definition) is 7. The molecule has 0 radical (unpaired) electrons. The Bertz CT molecular complexity index is 945. The maximum Gasteiger partial charge on any atom is 0.243 e. The van der Waals surface area contributed by atoms with Crippen LogP contribution in [0.5, 0.6) is 0 Å². The Labute approximate surface area is 175 Å². The van der Waals surface area contributed by atoms with Crippen molar-refractivity contribution < 1.29 is 26.8 Å². The van der Waals surface area contributed by atoms with Crippen molar-refractivity contribution in [3.05, 3.63) is 41.8 Å². The van der Waals surface area contributed by atoms with Crippen molar-refractivity contribution in [2.75, 3.05) is 39.5 Å². The van der Waals surface area contributed by atoms with Crippen molar-refractivity contribution in [3.63, 3.8) is 0 Å². The number of hydrogen-bond donors (Lipinski definition) is 0. The van der Waals surface area contributed by atoms with E-state index in [4.69, 9.17) is 14.0 Å². The Balaban J connectivity index is 1.28. The zero-order valence-corrected chi connectivity index (χ0v) is 17.5. The molecule has 1 unspecified atom stereocenters. The van der Waals surface area contributed by atoms with Gasteiger partial charge in [0, 0.05) is 39.3 Å². The first-order valence-corrected chi connectivity index (χ1v) is 11.7. The van der Waals surface area contributed by atoms with Crippen LogP contribution in [0.15, 0.2) is 33.7 Å².